The van der Waals surface area contributed by atoms with Crippen LogP contribution in [0.1, 0.15) is 5.56 Å². The number of nitrogen functional groups attached to an aromatic ring is 1. The number of rotatable bonds is 1. The first kappa shape index (κ1) is 12.9. The molecule has 0 saturated carbocycles. The van der Waals surface area contributed by atoms with Crippen molar-refractivity contribution in [2.45, 2.75) is 6.92 Å². The predicted molar refractivity (Wildman–Crippen MR) is 54.1 cm³/mol. The Balaban J connectivity index is 0.000000255. The minimum absolute atomic E-state index is 0.829. The lowest BCUT2D eigenvalue weighted by atomic mass is 10.2. The quantitative estimate of drug-likeness (QED) is 0.543. The van der Waals surface area contributed by atoms with Gasteiger partial charge in [-0.15, -0.1) is 0 Å². The molecule has 0 aromatic heterocycles. The van der Waals surface area contributed by atoms with Gasteiger partial charge < -0.3 is 5.73 Å². The molecule has 0 amide bonds. The molecule has 5 nitrogen and oxygen atoms in total. The van der Waals surface area contributed by atoms with E-state index in [1.54, 1.807) is 0 Å². The Morgan fingerprint density at radius 2 is 1.64 bits per heavy atom. The maximum Gasteiger partial charge on any atom is 0.397 e. The molecule has 0 fully saturated rings. The normalized spacial score (nSPS) is 10.2. The second kappa shape index (κ2) is 5.58. The van der Waals surface area contributed by atoms with E-state index in [0.717, 1.165) is 12.8 Å². The molecule has 3 N–H and O–H groups in total. The third-order valence-corrected chi connectivity index (χ3v) is 1.71. The van der Waals surface area contributed by atoms with Crippen molar-refractivity contribution in [2.75, 3.05) is 12.8 Å². The van der Waals surface area contributed by atoms with Crippen molar-refractivity contribution in [1.29, 1.82) is 0 Å². The second-order valence-electron chi connectivity index (χ2n) is 2.51. The summed E-state index contributed by atoms with van der Waals surface area (Å²) < 4.78 is 29.7. The van der Waals surface area contributed by atoms with Crippen LogP contribution in [0.4, 0.5) is 5.69 Å². The zero-order chi connectivity index (χ0) is 11.2. The van der Waals surface area contributed by atoms with Crippen molar-refractivity contribution in [3.05, 3.63) is 29.8 Å². The van der Waals surface area contributed by atoms with E-state index in [1.165, 1.54) is 5.56 Å². The van der Waals surface area contributed by atoms with Crippen LogP contribution in [-0.4, -0.2) is 20.1 Å². The third-order valence-electron chi connectivity index (χ3n) is 1.29. The van der Waals surface area contributed by atoms with Gasteiger partial charge in [-0.3, -0.25) is 8.74 Å². The van der Waals surface area contributed by atoms with E-state index in [1.807, 2.05) is 31.2 Å². The van der Waals surface area contributed by atoms with E-state index >= 15 is 0 Å². The molecule has 80 valence electrons. The fraction of sp³-hybridized carbons (Fsp3) is 0.250. The van der Waals surface area contributed by atoms with Crippen LogP contribution in [0.25, 0.3) is 0 Å². The minimum Gasteiger partial charge on any atom is -0.399 e. The summed E-state index contributed by atoms with van der Waals surface area (Å²) >= 11 is 0. The van der Waals surface area contributed by atoms with E-state index in [4.69, 9.17) is 10.3 Å². The van der Waals surface area contributed by atoms with E-state index in [2.05, 4.69) is 4.18 Å². The van der Waals surface area contributed by atoms with Crippen LogP contribution >= 0.6 is 0 Å². The average Bonchev–Trinajstić information content (AvgIpc) is 2.10. The summed E-state index contributed by atoms with van der Waals surface area (Å²) in [6.45, 7) is 2.04. The van der Waals surface area contributed by atoms with E-state index in [-0.39, 0.29) is 0 Å². The molecule has 1 aromatic rings. The van der Waals surface area contributed by atoms with Crippen molar-refractivity contribution < 1.29 is 17.2 Å². The van der Waals surface area contributed by atoms with Gasteiger partial charge in [0.25, 0.3) is 0 Å². The van der Waals surface area contributed by atoms with Crippen molar-refractivity contribution in [2.24, 2.45) is 0 Å². The number of benzene rings is 1. The van der Waals surface area contributed by atoms with Crippen LogP contribution in [0, 0.1) is 6.92 Å². The monoisotopic (exact) mass is 219 g/mol. The number of hydrogen-bond acceptors (Lipinski definition) is 4. The highest BCUT2D eigenvalue weighted by Crippen LogP contribution is 2.02. The van der Waals surface area contributed by atoms with Crippen LogP contribution < -0.4 is 5.73 Å². The smallest absolute Gasteiger partial charge is 0.397 e. The average molecular weight is 219 g/mol. The van der Waals surface area contributed by atoms with Gasteiger partial charge in [0.2, 0.25) is 0 Å². The Morgan fingerprint density at radius 1 is 1.29 bits per heavy atom. The molecule has 0 spiro atoms. The summed E-state index contributed by atoms with van der Waals surface area (Å²) in [6.07, 6.45) is 0. The van der Waals surface area contributed by atoms with Crippen LogP contribution in [0.2, 0.25) is 0 Å². The first-order valence-electron chi connectivity index (χ1n) is 3.70. The Bertz CT molecular complexity index is 336. The van der Waals surface area contributed by atoms with Gasteiger partial charge in [-0.05, 0) is 19.1 Å². The standard InChI is InChI=1S/C7H9N.CH4O4S/c1-6-2-4-7(8)5-3-6;1-5-6(2,3)4/h2-5H,8H2,1H3;1H3,(H,2,3,4). The first-order chi connectivity index (χ1) is 6.35. The molecule has 0 unspecified atom stereocenters. The molecule has 1 aromatic carbocycles. The lowest BCUT2D eigenvalue weighted by Crippen LogP contribution is -1.96. The summed E-state index contributed by atoms with van der Waals surface area (Å²) in [5.74, 6) is 0. The van der Waals surface area contributed by atoms with Gasteiger partial charge in [-0.25, -0.2) is 0 Å². The maximum atomic E-state index is 9.33. The van der Waals surface area contributed by atoms with E-state index < -0.39 is 10.4 Å². The fourth-order valence-electron chi connectivity index (χ4n) is 0.566. The van der Waals surface area contributed by atoms with Crippen LogP contribution in [0.5, 0.6) is 0 Å². The van der Waals surface area contributed by atoms with Gasteiger partial charge in [0.15, 0.2) is 0 Å². The highest BCUT2D eigenvalue weighted by atomic mass is 32.3. The zero-order valence-corrected chi connectivity index (χ0v) is 8.78. The Labute approximate surface area is 83.5 Å². The largest absolute Gasteiger partial charge is 0.399 e. The molecule has 0 aliphatic heterocycles. The summed E-state index contributed by atoms with van der Waals surface area (Å²) in [7, 11) is -3.29. The Kier molecular flexibility index (Phi) is 5.14. The minimum atomic E-state index is -4.16. The molecular weight excluding hydrogens is 206 g/mol. The van der Waals surface area contributed by atoms with Crippen LogP contribution in [0.15, 0.2) is 24.3 Å². The predicted octanol–water partition coefficient (Wildman–Crippen LogP) is 1.01. The maximum absolute atomic E-state index is 9.33. The topological polar surface area (TPSA) is 89.6 Å². The summed E-state index contributed by atoms with van der Waals surface area (Å²) in [4.78, 5) is 0. The van der Waals surface area contributed by atoms with Crippen molar-refractivity contribution >= 4 is 16.1 Å². The molecule has 1 rings (SSSR count). The third kappa shape index (κ3) is 7.53. The first-order valence-corrected chi connectivity index (χ1v) is 5.07. The number of hydrogen-bond donors (Lipinski definition) is 2. The molecule has 14 heavy (non-hydrogen) atoms. The van der Waals surface area contributed by atoms with Crippen molar-refractivity contribution in [3.63, 3.8) is 0 Å². The lowest BCUT2D eigenvalue weighted by molar-refractivity contribution is 0.324. The van der Waals surface area contributed by atoms with Gasteiger partial charge in [0.05, 0.1) is 7.11 Å². The summed E-state index contributed by atoms with van der Waals surface area (Å²) in [6, 6.07) is 7.79. The van der Waals surface area contributed by atoms with Gasteiger partial charge >= 0.3 is 10.4 Å². The zero-order valence-electron chi connectivity index (χ0n) is 7.97. The fourth-order valence-corrected chi connectivity index (χ4v) is 0.566. The Hall–Kier alpha value is -1.11. The SMILES string of the molecule is COS(=O)(=O)O.Cc1ccc(N)cc1. The molecule has 0 radical (unpaired) electrons. The van der Waals surface area contributed by atoms with Gasteiger partial charge in [-0.2, -0.15) is 8.42 Å². The van der Waals surface area contributed by atoms with Crippen molar-refractivity contribution in [1.82, 2.24) is 0 Å². The molecule has 0 atom stereocenters. The second-order valence-corrected chi connectivity index (χ2v) is 3.69. The highest BCUT2D eigenvalue weighted by molar-refractivity contribution is 7.80. The Morgan fingerprint density at radius 3 is 1.86 bits per heavy atom. The van der Waals surface area contributed by atoms with Crippen LogP contribution in [0.3, 0.4) is 0 Å². The summed E-state index contributed by atoms with van der Waals surface area (Å²) in [5.41, 5.74) is 7.51. The molecule has 0 aliphatic carbocycles. The lowest BCUT2D eigenvalue weighted by Gasteiger charge is -1.90. The van der Waals surface area contributed by atoms with Gasteiger partial charge in [-0.1, -0.05) is 17.7 Å². The van der Waals surface area contributed by atoms with E-state index in [9.17, 15) is 8.42 Å². The number of anilines is 1. The molecule has 0 saturated heterocycles. The number of nitrogens with two attached hydrogens (primary N) is 1. The molecule has 0 bridgehead atoms. The van der Waals surface area contributed by atoms with Gasteiger partial charge in [0.1, 0.15) is 0 Å². The number of aryl methyl sites for hydroxylation is 1. The molecule has 0 aliphatic rings. The molecule has 6 heteroatoms. The van der Waals surface area contributed by atoms with Crippen molar-refractivity contribution in [3.8, 4) is 0 Å². The summed E-state index contributed by atoms with van der Waals surface area (Å²) in [5, 5.41) is 0. The molecular formula is C8H13NO4S. The van der Waals surface area contributed by atoms with Crippen LogP contribution in [-0.2, 0) is 14.6 Å². The highest BCUT2D eigenvalue weighted by Gasteiger charge is 1.94. The van der Waals surface area contributed by atoms with Gasteiger partial charge in [0, 0.05) is 5.69 Å². The van der Waals surface area contributed by atoms with E-state index in [0.29, 0.717) is 0 Å². The molecule has 0 heterocycles.